The van der Waals surface area contributed by atoms with Gasteiger partial charge in [-0.15, -0.1) is 11.6 Å². The molecule has 1 unspecified atom stereocenters. The molecule has 2 rings (SSSR count). The third-order valence-corrected chi connectivity index (χ3v) is 3.91. The van der Waals surface area contributed by atoms with E-state index in [1.807, 2.05) is 0 Å². The van der Waals surface area contributed by atoms with Crippen molar-refractivity contribution in [3.63, 3.8) is 0 Å². The maximum absolute atomic E-state index is 13.7. The largest absolute Gasteiger partial charge is 0.352 e. The normalized spacial score (nSPS) is 17.7. The molecule has 1 aliphatic carbocycles. The van der Waals surface area contributed by atoms with E-state index >= 15 is 0 Å². The van der Waals surface area contributed by atoms with Crippen LogP contribution in [0.5, 0.6) is 0 Å². The molecule has 0 radical (unpaired) electrons. The maximum Gasteiger partial charge on any atom is 0.242 e. The second-order valence-electron chi connectivity index (χ2n) is 4.50. The molecule has 98 valence electrons. The molecule has 1 amide bonds. The Kier molecular flexibility index (Phi) is 4.46. The molecule has 1 N–H and O–H groups in total. The van der Waals surface area contributed by atoms with Crippen LogP contribution in [0.15, 0.2) is 18.2 Å². The van der Waals surface area contributed by atoms with Gasteiger partial charge in [0.15, 0.2) is 0 Å². The lowest BCUT2D eigenvalue weighted by molar-refractivity contribution is -0.121. The highest BCUT2D eigenvalue weighted by Crippen LogP contribution is 2.28. The van der Waals surface area contributed by atoms with Gasteiger partial charge >= 0.3 is 0 Å². The molecule has 0 aromatic heterocycles. The van der Waals surface area contributed by atoms with Crippen LogP contribution in [0.3, 0.4) is 0 Å². The summed E-state index contributed by atoms with van der Waals surface area (Å²) in [5.74, 6) is -0.981. The van der Waals surface area contributed by atoms with Gasteiger partial charge in [-0.3, -0.25) is 4.79 Å². The molecule has 1 aromatic rings. The first kappa shape index (κ1) is 13.6. The Hall–Kier alpha value is -0.800. The number of amides is 1. The molecular formula is C13H14Cl2FNO. The monoisotopic (exact) mass is 289 g/mol. The topological polar surface area (TPSA) is 29.1 Å². The molecule has 1 aliphatic rings. The summed E-state index contributed by atoms with van der Waals surface area (Å²) < 4.78 is 13.7. The molecule has 0 saturated heterocycles. The van der Waals surface area contributed by atoms with Crippen LogP contribution in [0.1, 0.15) is 36.6 Å². The van der Waals surface area contributed by atoms with Crippen molar-refractivity contribution in [2.45, 2.75) is 37.1 Å². The fourth-order valence-corrected chi connectivity index (χ4v) is 2.62. The summed E-state index contributed by atoms with van der Waals surface area (Å²) in [6.45, 7) is 0. The summed E-state index contributed by atoms with van der Waals surface area (Å²) in [7, 11) is 0. The van der Waals surface area contributed by atoms with E-state index in [0.717, 1.165) is 25.7 Å². The van der Waals surface area contributed by atoms with Crippen molar-refractivity contribution < 1.29 is 9.18 Å². The third kappa shape index (κ3) is 2.96. The Labute approximate surface area is 115 Å². The lowest BCUT2D eigenvalue weighted by Gasteiger charge is -2.16. The highest BCUT2D eigenvalue weighted by atomic mass is 35.5. The highest BCUT2D eigenvalue weighted by molar-refractivity contribution is 6.32. The quantitative estimate of drug-likeness (QED) is 0.842. The molecule has 1 saturated carbocycles. The first-order valence-electron chi connectivity index (χ1n) is 5.98. The number of hydrogen-bond donors (Lipinski definition) is 1. The Balaban J connectivity index is 2.07. The molecule has 0 spiro atoms. The van der Waals surface area contributed by atoms with Crippen molar-refractivity contribution in [2.75, 3.05) is 0 Å². The molecule has 1 atom stereocenters. The van der Waals surface area contributed by atoms with Gasteiger partial charge in [-0.25, -0.2) is 4.39 Å². The summed E-state index contributed by atoms with van der Waals surface area (Å²) in [5.41, 5.74) is 0.125. The van der Waals surface area contributed by atoms with Gasteiger partial charge in [-0.05, 0) is 18.9 Å². The smallest absolute Gasteiger partial charge is 0.242 e. The van der Waals surface area contributed by atoms with E-state index in [1.165, 1.54) is 12.1 Å². The SMILES string of the molecule is O=C(NC1CCCC1)C(Cl)c1cccc(Cl)c1F. The minimum absolute atomic E-state index is 0.0215. The zero-order valence-electron chi connectivity index (χ0n) is 9.76. The number of benzene rings is 1. The van der Waals surface area contributed by atoms with Crippen LogP contribution in [-0.2, 0) is 4.79 Å². The Morgan fingerprint density at radius 1 is 1.39 bits per heavy atom. The van der Waals surface area contributed by atoms with Gasteiger partial charge in [0.05, 0.1) is 5.02 Å². The number of hydrogen-bond acceptors (Lipinski definition) is 1. The van der Waals surface area contributed by atoms with Gasteiger partial charge < -0.3 is 5.32 Å². The number of carbonyl (C=O) groups excluding carboxylic acids is 1. The van der Waals surface area contributed by atoms with Crippen molar-refractivity contribution in [2.24, 2.45) is 0 Å². The first-order valence-corrected chi connectivity index (χ1v) is 6.79. The summed E-state index contributed by atoms with van der Waals surface area (Å²) in [5, 5.41) is 1.78. The number of carbonyl (C=O) groups is 1. The van der Waals surface area contributed by atoms with E-state index in [4.69, 9.17) is 23.2 Å². The Morgan fingerprint density at radius 3 is 2.72 bits per heavy atom. The standard InChI is InChI=1S/C13H14Cl2FNO/c14-10-7-3-6-9(12(10)16)11(15)13(18)17-8-4-1-2-5-8/h3,6-8,11H,1-2,4-5H2,(H,17,18). The minimum atomic E-state index is -1.04. The van der Waals surface area contributed by atoms with Crippen molar-refractivity contribution in [1.82, 2.24) is 5.32 Å². The Bertz CT molecular complexity index is 447. The van der Waals surface area contributed by atoms with Gasteiger partial charge in [0.1, 0.15) is 11.2 Å². The van der Waals surface area contributed by atoms with Gasteiger partial charge in [0.25, 0.3) is 0 Å². The highest BCUT2D eigenvalue weighted by Gasteiger charge is 2.25. The van der Waals surface area contributed by atoms with E-state index in [2.05, 4.69) is 5.32 Å². The van der Waals surface area contributed by atoms with Gasteiger partial charge in [0, 0.05) is 11.6 Å². The van der Waals surface area contributed by atoms with E-state index in [9.17, 15) is 9.18 Å². The second-order valence-corrected chi connectivity index (χ2v) is 5.34. The molecule has 0 heterocycles. The molecule has 18 heavy (non-hydrogen) atoms. The molecular weight excluding hydrogens is 276 g/mol. The average Bonchev–Trinajstić information content (AvgIpc) is 2.84. The third-order valence-electron chi connectivity index (χ3n) is 3.19. The summed E-state index contributed by atoms with van der Waals surface area (Å²) in [4.78, 5) is 11.9. The van der Waals surface area contributed by atoms with Crippen LogP contribution in [0.4, 0.5) is 4.39 Å². The molecule has 2 nitrogen and oxygen atoms in total. The zero-order chi connectivity index (χ0) is 13.1. The summed E-state index contributed by atoms with van der Waals surface area (Å²) in [6, 6.07) is 4.66. The predicted molar refractivity (Wildman–Crippen MR) is 70.4 cm³/mol. The van der Waals surface area contributed by atoms with E-state index < -0.39 is 11.2 Å². The molecule has 1 fully saturated rings. The average molecular weight is 290 g/mol. The first-order chi connectivity index (χ1) is 8.59. The number of halogens is 3. The van der Waals surface area contributed by atoms with Crippen LogP contribution in [0, 0.1) is 5.82 Å². The van der Waals surface area contributed by atoms with Crippen LogP contribution < -0.4 is 5.32 Å². The Morgan fingerprint density at radius 2 is 2.06 bits per heavy atom. The molecule has 5 heteroatoms. The predicted octanol–water partition coefficient (Wildman–Crippen LogP) is 3.82. The maximum atomic E-state index is 13.7. The number of nitrogens with one attached hydrogen (secondary N) is 1. The van der Waals surface area contributed by atoms with Crippen LogP contribution in [0.2, 0.25) is 5.02 Å². The van der Waals surface area contributed by atoms with Gasteiger partial charge in [-0.2, -0.15) is 0 Å². The molecule has 0 bridgehead atoms. The molecule has 1 aromatic carbocycles. The minimum Gasteiger partial charge on any atom is -0.352 e. The number of rotatable bonds is 3. The summed E-state index contributed by atoms with van der Waals surface area (Å²) in [6.07, 6.45) is 4.16. The zero-order valence-corrected chi connectivity index (χ0v) is 11.3. The number of alkyl halides is 1. The van der Waals surface area contributed by atoms with Crippen LogP contribution >= 0.6 is 23.2 Å². The van der Waals surface area contributed by atoms with Crippen LogP contribution in [-0.4, -0.2) is 11.9 Å². The fourth-order valence-electron chi connectivity index (χ4n) is 2.20. The van der Waals surface area contributed by atoms with Gasteiger partial charge in [-0.1, -0.05) is 36.6 Å². The lowest BCUT2D eigenvalue weighted by Crippen LogP contribution is -2.35. The van der Waals surface area contributed by atoms with Crippen molar-refractivity contribution >= 4 is 29.1 Å². The van der Waals surface area contributed by atoms with Crippen molar-refractivity contribution in [3.05, 3.63) is 34.6 Å². The van der Waals surface area contributed by atoms with Crippen LogP contribution in [0.25, 0.3) is 0 Å². The van der Waals surface area contributed by atoms with E-state index in [1.54, 1.807) is 6.07 Å². The van der Waals surface area contributed by atoms with Gasteiger partial charge in [0.2, 0.25) is 5.91 Å². The van der Waals surface area contributed by atoms with Crippen molar-refractivity contribution in [3.8, 4) is 0 Å². The lowest BCUT2D eigenvalue weighted by atomic mass is 10.1. The molecule has 0 aliphatic heterocycles. The van der Waals surface area contributed by atoms with Crippen molar-refractivity contribution in [1.29, 1.82) is 0 Å². The second kappa shape index (κ2) is 5.89. The van der Waals surface area contributed by atoms with E-state index in [0.29, 0.717) is 0 Å². The summed E-state index contributed by atoms with van der Waals surface area (Å²) >= 11 is 11.7. The van der Waals surface area contributed by atoms with E-state index in [-0.39, 0.29) is 22.5 Å². The fraction of sp³-hybridized carbons (Fsp3) is 0.462.